The van der Waals surface area contributed by atoms with Crippen LogP contribution >= 0.6 is 0 Å². The summed E-state index contributed by atoms with van der Waals surface area (Å²) in [5.74, 6) is -0.440. The Kier molecular flexibility index (Phi) is 4.69. The highest BCUT2D eigenvalue weighted by molar-refractivity contribution is 7.90. The highest BCUT2D eigenvalue weighted by Crippen LogP contribution is 1.95. The molecule has 0 saturated carbocycles. The molecule has 0 aromatic heterocycles. The van der Waals surface area contributed by atoms with Crippen molar-refractivity contribution in [2.24, 2.45) is 0 Å². The largest absolute Gasteiger partial charge is 0.462 e. The van der Waals surface area contributed by atoms with Crippen LogP contribution in [-0.2, 0) is 19.4 Å². The number of carbonyl (C=O) groups is 1. The van der Waals surface area contributed by atoms with Crippen molar-refractivity contribution >= 4 is 15.8 Å². The highest BCUT2D eigenvalue weighted by atomic mass is 32.2. The van der Waals surface area contributed by atoms with Crippen molar-refractivity contribution in [1.29, 1.82) is 0 Å². The third-order valence-electron chi connectivity index (χ3n) is 1.24. The molecule has 0 unspecified atom stereocenters. The maximum Gasteiger partial charge on any atom is 0.333 e. The third kappa shape index (κ3) is 7.52. The van der Waals surface area contributed by atoms with Gasteiger partial charge in [-0.05, 0) is 13.3 Å². The van der Waals surface area contributed by atoms with Gasteiger partial charge in [-0.2, -0.15) is 0 Å². The van der Waals surface area contributed by atoms with E-state index in [0.29, 0.717) is 12.0 Å². The van der Waals surface area contributed by atoms with Crippen LogP contribution < -0.4 is 0 Å². The molecule has 0 fully saturated rings. The van der Waals surface area contributed by atoms with E-state index in [1.807, 2.05) is 0 Å². The summed E-state index contributed by atoms with van der Waals surface area (Å²) in [6.45, 7) is 5.05. The van der Waals surface area contributed by atoms with Crippen molar-refractivity contribution in [3.8, 4) is 0 Å². The van der Waals surface area contributed by atoms with E-state index in [-0.39, 0.29) is 12.4 Å². The molecule has 76 valence electrons. The van der Waals surface area contributed by atoms with Gasteiger partial charge in [0.1, 0.15) is 9.84 Å². The van der Waals surface area contributed by atoms with E-state index in [4.69, 9.17) is 4.74 Å². The summed E-state index contributed by atoms with van der Waals surface area (Å²) >= 11 is 0. The molecule has 0 N–H and O–H groups in total. The molecule has 0 amide bonds. The first-order chi connectivity index (χ1) is 5.83. The monoisotopic (exact) mass is 206 g/mol. The van der Waals surface area contributed by atoms with Gasteiger partial charge in [0, 0.05) is 11.8 Å². The van der Waals surface area contributed by atoms with Gasteiger partial charge in [-0.15, -0.1) is 0 Å². The Labute approximate surface area is 78.5 Å². The number of carbonyl (C=O) groups excluding carboxylic acids is 1. The third-order valence-corrected chi connectivity index (χ3v) is 2.27. The van der Waals surface area contributed by atoms with Gasteiger partial charge in [0.05, 0.1) is 12.4 Å². The van der Waals surface area contributed by atoms with Crippen LogP contribution in [0, 0.1) is 0 Å². The number of hydrogen-bond donors (Lipinski definition) is 0. The topological polar surface area (TPSA) is 60.4 Å². The first-order valence-corrected chi connectivity index (χ1v) is 5.89. The van der Waals surface area contributed by atoms with Crippen molar-refractivity contribution < 1.29 is 17.9 Å². The van der Waals surface area contributed by atoms with Gasteiger partial charge in [0.2, 0.25) is 0 Å². The van der Waals surface area contributed by atoms with Crippen LogP contribution in [0.4, 0.5) is 0 Å². The molecule has 0 heterocycles. The lowest BCUT2D eigenvalue weighted by atomic mass is 10.4. The summed E-state index contributed by atoms with van der Waals surface area (Å²) in [6, 6.07) is 0. The van der Waals surface area contributed by atoms with E-state index in [2.05, 4.69) is 6.58 Å². The molecule has 13 heavy (non-hydrogen) atoms. The van der Waals surface area contributed by atoms with Crippen LogP contribution in [0.5, 0.6) is 0 Å². The number of hydrogen-bond acceptors (Lipinski definition) is 4. The van der Waals surface area contributed by atoms with Gasteiger partial charge >= 0.3 is 5.97 Å². The van der Waals surface area contributed by atoms with E-state index < -0.39 is 15.8 Å². The second kappa shape index (κ2) is 5.01. The minimum Gasteiger partial charge on any atom is -0.462 e. The second-order valence-corrected chi connectivity index (χ2v) is 5.16. The van der Waals surface area contributed by atoms with Gasteiger partial charge < -0.3 is 4.74 Å². The summed E-state index contributed by atoms with van der Waals surface area (Å²) in [4.78, 5) is 10.8. The average Bonchev–Trinajstić information content (AvgIpc) is 1.95. The molecule has 0 bridgehead atoms. The number of rotatable bonds is 5. The summed E-state index contributed by atoms with van der Waals surface area (Å²) in [7, 11) is -2.96. The summed E-state index contributed by atoms with van der Waals surface area (Å²) in [6.07, 6.45) is 1.48. The van der Waals surface area contributed by atoms with Crippen molar-refractivity contribution in [1.82, 2.24) is 0 Å². The lowest BCUT2D eigenvalue weighted by molar-refractivity contribution is -0.138. The fourth-order valence-corrected chi connectivity index (χ4v) is 1.25. The van der Waals surface area contributed by atoms with Gasteiger partial charge in [0.15, 0.2) is 0 Å². The Bertz CT molecular complexity index is 289. The van der Waals surface area contributed by atoms with E-state index in [1.54, 1.807) is 6.92 Å². The van der Waals surface area contributed by atoms with Crippen LogP contribution in [0.15, 0.2) is 12.2 Å². The summed E-state index contributed by atoms with van der Waals surface area (Å²) in [5.41, 5.74) is 0.319. The van der Waals surface area contributed by atoms with Gasteiger partial charge in [-0.3, -0.25) is 0 Å². The predicted octanol–water partition coefficient (Wildman–Crippen LogP) is 0.540. The maximum absolute atomic E-state index is 10.8. The zero-order valence-electron chi connectivity index (χ0n) is 7.87. The van der Waals surface area contributed by atoms with Crippen LogP contribution in [0.2, 0.25) is 0 Å². The van der Waals surface area contributed by atoms with Crippen molar-refractivity contribution in [2.75, 3.05) is 18.6 Å². The quantitative estimate of drug-likeness (QED) is 0.374. The maximum atomic E-state index is 10.8. The highest BCUT2D eigenvalue weighted by Gasteiger charge is 2.05. The van der Waals surface area contributed by atoms with E-state index in [0.717, 1.165) is 6.26 Å². The molecule has 0 rings (SSSR count). The zero-order valence-corrected chi connectivity index (χ0v) is 8.69. The first kappa shape index (κ1) is 12.2. The Morgan fingerprint density at radius 2 is 2.00 bits per heavy atom. The van der Waals surface area contributed by atoms with Crippen LogP contribution in [0.25, 0.3) is 0 Å². The van der Waals surface area contributed by atoms with Crippen molar-refractivity contribution in [3.05, 3.63) is 12.2 Å². The minimum absolute atomic E-state index is 0.0382. The Hall–Kier alpha value is -0.840. The van der Waals surface area contributed by atoms with Gasteiger partial charge in [-0.1, -0.05) is 6.58 Å². The average molecular weight is 206 g/mol. The molecule has 0 saturated heterocycles. The first-order valence-electron chi connectivity index (χ1n) is 3.83. The van der Waals surface area contributed by atoms with Crippen molar-refractivity contribution in [3.63, 3.8) is 0 Å². The Morgan fingerprint density at radius 1 is 1.46 bits per heavy atom. The Morgan fingerprint density at radius 3 is 2.38 bits per heavy atom. The minimum atomic E-state index is -2.96. The summed E-state index contributed by atoms with van der Waals surface area (Å²) in [5, 5.41) is 0. The smallest absolute Gasteiger partial charge is 0.333 e. The molecule has 0 atom stereocenters. The van der Waals surface area contributed by atoms with E-state index >= 15 is 0 Å². The molecule has 0 aliphatic carbocycles. The standard InChI is InChI=1S/C8H14O4S/c1-7(2)8(9)12-5-4-6-13(3,10)11/h1,4-6H2,2-3H3. The molecule has 0 aliphatic heterocycles. The van der Waals surface area contributed by atoms with Crippen LogP contribution in [0.1, 0.15) is 13.3 Å². The SMILES string of the molecule is C=C(C)C(=O)OCCCS(C)(=O)=O. The molecular formula is C8H14O4S. The number of esters is 1. The fourth-order valence-electron chi connectivity index (χ4n) is 0.609. The molecule has 0 spiro atoms. The lowest BCUT2D eigenvalue weighted by Gasteiger charge is -2.02. The van der Waals surface area contributed by atoms with E-state index in [1.165, 1.54) is 0 Å². The molecular weight excluding hydrogens is 192 g/mol. The normalized spacial score (nSPS) is 10.9. The Balaban J connectivity index is 3.59. The molecule has 0 radical (unpaired) electrons. The van der Waals surface area contributed by atoms with Gasteiger partial charge in [0.25, 0.3) is 0 Å². The molecule has 0 aromatic rings. The molecule has 5 heteroatoms. The molecule has 4 nitrogen and oxygen atoms in total. The molecule has 0 aliphatic rings. The van der Waals surface area contributed by atoms with E-state index in [9.17, 15) is 13.2 Å². The molecule has 0 aromatic carbocycles. The predicted molar refractivity (Wildman–Crippen MR) is 50.1 cm³/mol. The lowest BCUT2D eigenvalue weighted by Crippen LogP contribution is -2.10. The van der Waals surface area contributed by atoms with Crippen LogP contribution in [0.3, 0.4) is 0 Å². The van der Waals surface area contributed by atoms with Gasteiger partial charge in [-0.25, -0.2) is 13.2 Å². The number of sulfone groups is 1. The number of ether oxygens (including phenoxy) is 1. The second-order valence-electron chi connectivity index (χ2n) is 2.90. The zero-order chi connectivity index (χ0) is 10.5. The van der Waals surface area contributed by atoms with Crippen molar-refractivity contribution in [2.45, 2.75) is 13.3 Å². The fraction of sp³-hybridized carbons (Fsp3) is 0.625. The van der Waals surface area contributed by atoms with Crippen LogP contribution in [-0.4, -0.2) is 33.0 Å². The summed E-state index contributed by atoms with van der Waals surface area (Å²) < 4.78 is 26.0.